The number of hydrogen-bond donors (Lipinski definition) is 1. The lowest BCUT2D eigenvalue weighted by atomic mass is 10.3. The Kier molecular flexibility index (Phi) is 3.58. The maximum atomic E-state index is 11.9. The lowest BCUT2D eigenvalue weighted by Gasteiger charge is -2.10. The van der Waals surface area contributed by atoms with Gasteiger partial charge in [-0.15, -0.1) is 11.3 Å². The Labute approximate surface area is 111 Å². The molecule has 1 amide bonds. The second-order valence-electron chi connectivity index (χ2n) is 3.54. The zero-order valence-corrected chi connectivity index (χ0v) is 11.7. The number of rotatable bonds is 3. The molecule has 0 saturated heterocycles. The highest BCUT2D eigenvalue weighted by Crippen LogP contribution is 2.18. The van der Waals surface area contributed by atoms with Gasteiger partial charge in [0, 0.05) is 17.8 Å². The molecule has 0 saturated carbocycles. The smallest absolute Gasteiger partial charge is 0.250 e. The zero-order valence-electron chi connectivity index (χ0n) is 9.35. The number of carbonyl (C=O) groups is 1. The SMILES string of the molecule is Cc1nn([C@@H](C)C(=O)Nc2nccs2)cc1Br. The third-order valence-electron chi connectivity index (χ3n) is 2.30. The number of nitrogens with zero attached hydrogens (tertiary/aromatic N) is 3. The minimum atomic E-state index is -0.371. The Morgan fingerprint density at radius 3 is 2.94 bits per heavy atom. The first-order valence-corrected chi connectivity index (χ1v) is 6.67. The average Bonchev–Trinajstić information content (AvgIpc) is 2.89. The number of hydrogen-bond acceptors (Lipinski definition) is 4. The summed E-state index contributed by atoms with van der Waals surface area (Å²) < 4.78 is 2.52. The van der Waals surface area contributed by atoms with E-state index in [1.54, 1.807) is 24.0 Å². The summed E-state index contributed by atoms with van der Waals surface area (Å²) in [4.78, 5) is 15.9. The molecule has 2 rings (SSSR count). The Morgan fingerprint density at radius 1 is 1.65 bits per heavy atom. The van der Waals surface area contributed by atoms with E-state index in [2.05, 4.69) is 31.3 Å². The van der Waals surface area contributed by atoms with Crippen molar-refractivity contribution in [1.82, 2.24) is 14.8 Å². The molecule has 0 radical (unpaired) electrons. The molecule has 0 aliphatic carbocycles. The van der Waals surface area contributed by atoms with E-state index in [0.717, 1.165) is 10.2 Å². The number of carbonyl (C=O) groups excluding carboxylic acids is 1. The first-order valence-electron chi connectivity index (χ1n) is 4.99. The molecule has 0 fully saturated rings. The largest absolute Gasteiger partial charge is 0.300 e. The number of thiazole rings is 1. The van der Waals surface area contributed by atoms with Gasteiger partial charge in [0.1, 0.15) is 6.04 Å². The molecule has 0 aromatic carbocycles. The molecular formula is C10H11BrN4OS. The minimum Gasteiger partial charge on any atom is -0.300 e. The van der Waals surface area contributed by atoms with Gasteiger partial charge in [0.25, 0.3) is 5.91 Å². The van der Waals surface area contributed by atoms with Crippen LogP contribution in [0.25, 0.3) is 0 Å². The fourth-order valence-electron chi connectivity index (χ4n) is 1.27. The van der Waals surface area contributed by atoms with Gasteiger partial charge in [-0.05, 0) is 29.8 Å². The van der Waals surface area contributed by atoms with Crippen LogP contribution in [0.4, 0.5) is 5.13 Å². The molecular weight excluding hydrogens is 304 g/mol. The van der Waals surface area contributed by atoms with Crippen molar-refractivity contribution >= 4 is 38.3 Å². The summed E-state index contributed by atoms with van der Waals surface area (Å²) >= 11 is 4.76. The molecule has 1 N–H and O–H groups in total. The van der Waals surface area contributed by atoms with Crippen LogP contribution in [-0.2, 0) is 4.79 Å². The quantitative estimate of drug-likeness (QED) is 0.947. The summed E-state index contributed by atoms with van der Waals surface area (Å²) in [6.45, 7) is 3.67. The maximum absolute atomic E-state index is 11.9. The van der Waals surface area contributed by atoms with Crippen molar-refractivity contribution in [3.63, 3.8) is 0 Å². The molecule has 0 bridgehead atoms. The predicted molar refractivity (Wildman–Crippen MR) is 70.1 cm³/mol. The number of nitrogens with one attached hydrogen (secondary N) is 1. The first-order chi connectivity index (χ1) is 8.08. The Morgan fingerprint density at radius 2 is 2.41 bits per heavy atom. The van der Waals surface area contributed by atoms with Crippen LogP contribution >= 0.6 is 27.3 Å². The second-order valence-corrected chi connectivity index (χ2v) is 5.29. The molecule has 17 heavy (non-hydrogen) atoms. The number of anilines is 1. The minimum absolute atomic E-state index is 0.130. The van der Waals surface area contributed by atoms with Crippen LogP contribution in [0.15, 0.2) is 22.2 Å². The molecule has 2 heterocycles. The van der Waals surface area contributed by atoms with Crippen molar-refractivity contribution in [1.29, 1.82) is 0 Å². The van der Waals surface area contributed by atoms with Gasteiger partial charge >= 0.3 is 0 Å². The third kappa shape index (κ3) is 2.73. The number of amides is 1. The summed E-state index contributed by atoms with van der Waals surface area (Å²) in [5.74, 6) is -0.130. The fourth-order valence-corrected chi connectivity index (χ4v) is 2.09. The molecule has 1 atom stereocenters. The van der Waals surface area contributed by atoms with Crippen LogP contribution in [0.3, 0.4) is 0 Å². The van der Waals surface area contributed by atoms with Crippen LogP contribution in [0, 0.1) is 6.92 Å². The molecule has 5 nitrogen and oxygen atoms in total. The molecule has 2 aromatic rings. The number of halogens is 1. The first kappa shape index (κ1) is 12.3. The van der Waals surface area contributed by atoms with E-state index in [1.807, 2.05) is 12.3 Å². The van der Waals surface area contributed by atoms with Gasteiger partial charge in [0.15, 0.2) is 5.13 Å². The average molecular weight is 315 g/mol. The molecule has 0 spiro atoms. The monoisotopic (exact) mass is 314 g/mol. The van der Waals surface area contributed by atoms with E-state index in [0.29, 0.717) is 5.13 Å². The van der Waals surface area contributed by atoms with Gasteiger partial charge in [-0.2, -0.15) is 5.10 Å². The summed E-state index contributed by atoms with van der Waals surface area (Å²) in [6, 6.07) is -0.371. The lowest BCUT2D eigenvalue weighted by molar-refractivity contribution is -0.119. The van der Waals surface area contributed by atoms with Crippen molar-refractivity contribution in [3.8, 4) is 0 Å². The van der Waals surface area contributed by atoms with Crippen molar-refractivity contribution in [3.05, 3.63) is 27.9 Å². The summed E-state index contributed by atoms with van der Waals surface area (Å²) in [5, 5.41) is 9.41. The molecule has 2 aromatic heterocycles. The molecule has 0 aliphatic heterocycles. The van der Waals surface area contributed by atoms with Crippen LogP contribution in [0.1, 0.15) is 18.7 Å². The Balaban J connectivity index is 2.09. The Hall–Kier alpha value is -1.21. The maximum Gasteiger partial charge on any atom is 0.250 e. The van der Waals surface area contributed by atoms with Crippen molar-refractivity contribution < 1.29 is 4.79 Å². The van der Waals surface area contributed by atoms with E-state index in [-0.39, 0.29) is 11.9 Å². The highest BCUT2D eigenvalue weighted by molar-refractivity contribution is 9.10. The van der Waals surface area contributed by atoms with E-state index < -0.39 is 0 Å². The molecule has 0 unspecified atom stereocenters. The van der Waals surface area contributed by atoms with E-state index in [1.165, 1.54) is 11.3 Å². The normalized spacial score (nSPS) is 12.4. The van der Waals surface area contributed by atoms with E-state index in [4.69, 9.17) is 0 Å². The molecule has 90 valence electrons. The zero-order chi connectivity index (χ0) is 12.4. The predicted octanol–water partition coefficient (Wildman–Crippen LogP) is 2.61. The van der Waals surface area contributed by atoms with Gasteiger partial charge in [0.2, 0.25) is 0 Å². The van der Waals surface area contributed by atoms with E-state index >= 15 is 0 Å². The molecule has 0 aliphatic rings. The lowest BCUT2D eigenvalue weighted by Crippen LogP contribution is -2.24. The van der Waals surface area contributed by atoms with Crippen molar-refractivity contribution in [2.45, 2.75) is 19.9 Å². The second kappa shape index (κ2) is 4.97. The van der Waals surface area contributed by atoms with Crippen LogP contribution < -0.4 is 5.32 Å². The summed E-state index contributed by atoms with van der Waals surface area (Å²) in [7, 11) is 0. The number of aryl methyl sites for hydroxylation is 1. The Bertz CT molecular complexity index is 503. The van der Waals surface area contributed by atoms with Crippen LogP contribution in [0.5, 0.6) is 0 Å². The van der Waals surface area contributed by atoms with Gasteiger partial charge < -0.3 is 5.32 Å². The van der Waals surface area contributed by atoms with E-state index in [9.17, 15) is 4.79 Å². The summed E-state index contributed by atoms with van der Waals surface area (Å²) in [5.41, 5.74) is 0.860. The highest BCUT2D eigenvalue weighted by atomic mass is 79.9. The van der Waals surface area contributed by atoms with Gasteiger partial charge in [-0.1, -0.05) is 0 Å². The summed E-state index contributed by atoms with van der Waals surface area (Å²) in [6.07, 6.45) is 3.45. The topological polar surface area (TPSA) is 59.8 Å². The van der Waals surface area contributed by atoms with Crippen molar-refractivity contribution in [2.24, 2.45) is 0 Å². The van der Waals surface area contributed by atoms with Gasteiger partial charge in [0.05, 0.1) is 10.2 Å². The van der Waals surface area contributed by atoms with Crippen LogP contribution in [-0.4, -0.2) is 20.7 Å². The number of aromatic nitrogens is 3. The van der Waals surface area contributed by atoms with Crippen LogP contribution in [0.2, 0.25) is 0 Å². The van der Waals surface area contributed by atoms with Gasteiger partial charge in [-0.25, -0.2) is 4.98 Å². The van der Waals surface area contributed by atoms with Gasteiger partial charge in [-0.3, -0.25) is 9.48 Å². The third-order valence-corrected chi connectivity index (χ3v) is 3.76. The molecule has 7 heteroatoms. The highest BCUT2D eigenvalue weighted by Gasteiger charge is 2.17. The fraction of sp³-hybridized carbons (Fsp3) is 0.300. The van der Waals surface area contributed by atoms with Crippen molar-refractivity contribution in [2.75, 3.05) is 5.32 Å². The standard InChI is InChI=1S/C10H11BrN4OS/c1-6-8(11)5-15(14-6)7(2)9(16)13-10-12-3-4-17-10/h3-5,7H,1-2H3,(H,12,13,16)/t7-/m0/s1.